The van der Waals surface area contributed by atoms with E-state index in [4.69, 9.17) is 9.97 Å². The number of anilines is 1. The highest BCUT2D eigenvalue weighted by molar-refractivity contribution is 6.07. The minimum absolute atomic E-state index is 0.0512. The standard InChI is InChI=1S/C30H39N7O/c1-9-37-22(4)23(18-31-37)19-36(8)30(38)25-17-28(33-26-11-10-20(2)16-24(25)26)27-12-13-29(21(3)32-27)35(7)15-14-34(5)6/h10-13,16-18H,9,14-15,19H2,1-8H3. The van der Waals surface area contributed by atoms with Gasteiger partial charge in [0.25, 0.3) is 5.91 Å². The third-order valence-electron chi connectivity index (χ3n) is 7.07. The van der Waals surface area contributed by atoms with Crippen LogP contribution in [-0.4, -0.2) is 76.7 Å². The molecular formula is C30H39N7O. The molecule has 0 saturated carbocycles. The molecule has 0 aliphatic rings. The second-order valence-electron chi connectivity index (χ2n) is 10.3. The van der Waals surface area contributed by atoms with Crippen molar-refractivity contribution in [2.45, 2.75) is 40.8 Å². The number of benzene rings is 1. The molecule has 3 heterocycles. The molecule has 1 aromatic carbocycles. The van der Waals surface area contributed by atoms with Crippen molar-refractivity contribution in [1.29, 1.82) is 0 Å². The van der Waals surface area contributed by atoms with Crippen LogP contribution in [0.2, 0.25) is 0 Å². The molecule has 8 heteroatoms. The van der Waals surface area contributed by atoms with Crippen molar-refractivity contribution in [3.8, 4) is 11.4 Å². The Labute approximate surface area is 225 Å². The zero-order valence-electron chi connectivity index (χ0n) is 23.9. The van der Waals surface area contributed by atoms with Crippen LogP contribution in [0.25, 0.3) is 22.3 Å². The van der Waals surface area contributed by atoms with Gasteiger partial charge in [0, 0.05) is 56.9 Å². The van der Waals surface area contributed by atoms with E-state index in [9.17, 15) is 4.79 Å². The predicted octanol–water partition coefficient (Wildman–Crippen LogP) is 4.71. The van der Waals surface area contributed by atoms with E-state index in [1.165, 1.54) is 0 Å². The molecule has 0 saturated heterocycles. The van der Waals surface area contributed by atoms with Gasteiger partial charge >= 0.3 is 0 Å². The summed E-state index contributed by atoms with van der Waals surface area (Å²) in [5.74, 6) is -0.0512. The maximum atomic E-state index is 13.8. The van der Waals surface area contributed by atoms with Crippen LogP contribution in [0.15, 0.2) is 42.6 Å². The first-order valence-corrected chi connectivity index (χ1v) is 13.1. The highest BCUT2D eigenvalue weighted by Crippen LogP contribution is 2.28. The van der Waals surface area contributed by atoms with Gasteiger partial charge in [-0.05, 0) is 72.1 Å². The Morgan fingerprint density at radius 1 is 0.921 bits per heavy atom. The monoisotopic (exact) mass is 513 g/mol. The number of hydrogen-bond acceptors (Lipinski definition) is 6. The molecule has 0 fully saturated rings. The van der Waals surface area contributed by atoms with Gasteiger partial charge in [-0.1, -0.05) is 11.6 Å². The van der Waals surface area contributed by atoms with E-state index in [0.29, 0.717) is 17.8 Å². The van der Waals surface area contributed by atoms with Gasteiger partial charge in [-0.15, -0.1) is 0 Å². The zero-order chi connectivity index (χ0) is 27.6. The second kappa shape index (κ2) is 11.3. The van der Waals surface area contributed by atoms with Crippen molar-refractivity contribution in [2.24, 2.45) is 0 Å². The summed E-state index contributed by atoms with van der Waals surface area (Å²) in [6.45, 7) is 11.3. The number of hydrogen-bond donors (Lipinski definition) is 0. The Balaban J connectivity index is 1.70. The number of likely N-dealkylation sites (N-methyl/N-ethyl adjacent to an activating group) is 2. The molecule has 0 spiro atoms. The largest absolute Gasteiger partial charge is 0.372 e. The van der Waals surface area contributed by atoms with Crippen LogP contribution >= 0.6 is 0 Å². The van der Waals surface area contributed by atoms with E-state index < -0.39 is 0 Å². The molecule has 0 bridgehead atoms. The van der Waals surface area contributed by atoms with Crippen LogP contribution in [0.4, 0.5) is 5.69 Å². The summed E-state index contributed by atoms with van der Waals surface area (Å²) in [5.41, 5.74) is 8.10. The van der Waals surface area contributed by atoms with Gasteiger partial charge in [0.1, 0.15) is 0 Å². The Bertz CT molecular complexity index is 1460. The molecule has 8 nitrogen and oxygen atoms in total. The summed E-state index contributed by atoms with van der Waals surface area (Å²) < 4.78 is 1.95. The van der Waals surface area contributed by atoms with Gasteiger partial charge in [-0.3, -0.25) is 9.48 Å². The van der Waals surface area contributed by atoms with Crippen LogP contribution in [0.5, 0.6) is 0 Å². The molecule has 200 valence electrons. The highest BCUT2D eigenvalue weighted by Gasteiger charge is 2.20. The highest BCUT2D eigenvalue weighted by atomic mass is 16.2. The fourth-order valence-electron chi connectivity index (χ4n) is 4.71. The third-order valence-corrected chi connectivity index (χ3v) is 7.07. The summed E-state index contributed by atoms with van der Waals surface area (Å²) in [5, 5.41) is 5.29. The first-order chi connectivity index (χ1) is 18.1. The number of fused-ring (bicyclic) bond motifs is 1. The third kappa shape index (κ3) is 5.70. The van der Waals surface area contributed by atoms with E-state index in [1.807, 2.05) is 69.0 Å². The Kier molecular flexibility index (Phi) is 8.11. The summed E-state index contributed by atoms with van der Waals surface area (Å²) in [6.07, 6.45) is 1.85. The van der Waals surface area contributed by atoms with Crippen LogP contribution in [0.3, 0.4) is 0 Å². The lowest BCUT2D eigenvalue weighted by molar-refractivity contribution is 0.0787. The molecule has 0 N–H and O–H groups in total. The molecule has 0 unspecified atom stereocenters. The number of nitrogens with zero attached hydrogens (tertiary/aromatic N) is 7. The molecule has 0 atom stereocenters. The molecule has 3 aromatic heterocycles. The quantitative estimate of drug-likeness (QED) is 0.323. The number of carbonyl (C=O) groups is 1. The molecule has 38 heavy (non-hydrogen) atoms. The zero-order valence-corrected chi connectivity index (χ0v) is 23.9. The Morgan fingerprint density at radius 2 is 1.68 bits per heavy atom. The van der Waals surface area contributed by atoms with Crippen molar-refractivity contribution in [2.75, 3.05) is 46.2 Å². The molecule has 0 radical (unpaired) electrons. The van der Waals surface area contributed by atoms with Crippen LogP contribution in [0, 0.1) is 20.8 Å². The predicted molar refractivity (Wildman–Crippen MR) is 155 cm³/mol. The average Bonchev–Trinajstić information content (AvgIpc) is 3.24. The lowest BCUT2D eigenvalue weighted by Gasteiger charge is -2.23. The minimum Gasteiger partial charge on any atom is -0.372 e. The second-order valence-corrected chi connectivity index (χ2v) is 10.3. The number of aromatic nitrogens is 4. The molecule has 0 aliphatic heterocycles. The van der Waals surface area contributed by atoms with Gasteiger partial charge < -0.3 is 14.7 Å². The lowest BCUT2D eigenvalue weighted by Crippen LogP contribution is -2.29. The van der Waals surface area contributed by atoms with Crippen molar-refractivity contribution >= 4 is 22.5 Å². The summed E-state index contributed by atoms with van der Waals surface area (Å²) in [4.78, 5) is 29.8. The van der Waals surface area contributed by atoms with Gasteiger partial charge in [-0.2, -0.15) is 5.10 Å². The van der Waals surface area contributed by atoms with Crippen molar-refractivity contribution < 1.29 is 4.79 Å². The minimum atomic E-state index is -0.0512. The number of amides is 1. The number of pyridine rings is 2. The lowest BCUT2D eigenvalue weighted by atomic mass is 10.0. The van der Waals surface area contributed by atoms with Crippen LogP contribution in [-0.2, 0) is 13.1 Å². The smallest absolute Gasteiger partial charge is 0.254 e. The SMILES string of the molecule is CCn1ncc(CN(C)C(=O)c2cc(-c3ccc(N(C)CCN(C)C)c(C)n3)nc3ccc(C)cc23)c1C. The fraction of sp³-hybridized carbons (Fsp3) is 0.400. The maximum Gasteiger partial charge on any atom is 0.254 e. The van der Waals surface area contributed by atoms with Crippen LogP contribution < -0.4 is 4.90 Å². The first-order valence-electron chi connectivity index (χ1n) is 13.1. The first kappa shape index (κ1) is 27.3. The number of aryl methyl sites for hydroxylation is 3. The van der Waals surface area contributed by atoms with E-state index in [2.05, 4.69) is 49.0 Å². The summed E-state index contributed by atoms with van der Waals surface area (Å²) >= 11 is 0. The topological polar surface area (TPSA) is 70.4 Å². The normalized spacial score (nSPS) is 11.4. The van der Waals surface area contributed by atoms with E-state index in [1.54, 1.807) is 4.90 Å². The molecular weight excluding hydrogens is 474 g/mol. The van der Waals surface area contributed by atoms with E-state index >= 15 is 0 Å². The fourth-order valence-corrected chi connectivity index (χ4v) is 4.71. The average molecular weight is 514 g/mol. The van der Waals surface area contributed by atoms with Crippen molar-refractivity contribution in [3.05, 3.63) is 70.7 Å². The van der Waals surface area contributed by atoms with Gasteiger partial charge in [-0.25, -0.2) is 9.97 Å². The van der Waals surface area contributed by atoms with Crippen molar-refractivity contribution in [1.82, 2.24) is 29.5 Å². The van der Waals surface area contributed by atoms with Gasteiger partial charge in [0.15, 0.2) is 0 Å². The number of rotatable bonds is 9. The summed E-state index contributed by atoms with van der Waals surface area (Å²) in [6, 6.07) is 12.0. The van der Waals surface area contributed by atoms with E-state index in [0.717, 1.165) is 64.4 Å². The maximum absolute atomic E-state index is 13.8. The summed E-state index contributed by atoms with van der Waals surface area (Å²) in [7, 11) is 8.07. The van der Waals surface area contributed by atoms with Gasteiger partial charge in [0.2, 0.25) is 0 Å². The van der Waals surface area contributed by atoms with Crippen LogP contribution in [0.1, 0.15) is 39.8 Å². The van der Waals surface area contributed by atoms with Gasteiger partial charge in [0.05, 0.1) is 40.0 Å². The molecule has 0 aliphatic carbocycles. The number of carbonyl (C=O) groups excluding carboxylic acids is 1. The molecule has 4 rings (SSSR count). The molecule has 1 amide bonds. The van der Waals surface area contributed by atoms with E-state index in [-0.39, 0.29) is 5.91 Å². The molecule has 4 aromatic rings. The Hall–Kier alpha value is -3.78. The Morgan fingerprint density at radius 3 is 2.34 bits per heavy atom. The van der Waals surface area contributed by atoms with Crippen molar-refractivity contribution in [3.63, 3.8) is 0 Å².